The molecule has 0 radical (unpaired) electrons. The third-order valence-electron chi connectivity index (χ3n) is 5.63. The first-order valence-corrected chi connectivity index (χ1v) is 10.7. The maximum Gasteiger partial charge on any atom is 0.156 e. The summed E-state index contributed by atoms with van der Waals surface area (Å²) in [4.78, 5) is 7.19. The lowest BCUT2D eigenvalue weighted by Crippen LogP contribution is -2.25. The molecule has 0 atom stereocenters. The van der Waals surface area contributed by atoms with E-state index in [1.165, 1.54) is 31.5 Å². The van der Waals surface area contributed by atoms with Crippen LogP contribution in [-0.2, 0) is 6.42 Å². The van der Waals surface area contributed by atoms with Crippen molar-refractivity contribution >= 4 is 5.65 Å². The molecule has 1 fully saturated rings. The molecule has 0 saturated carbocycles. The highest BCUT2D eigenvalue weighted by Gasteiger charge is 2.11. The van der Waals surface area contributed by atoms with Gasteiger partial charge in [-0.3, -0.25) is 4.90 Å². The molecule has 2 aromatic carbocycles. The monoisotopic (exact) mass is 398 g/mol. The Morgan fingerprint density at radius 2 is 1.63 bits per heavy atom. The van der Waals surface area contributed by atoms with Gasteiger partial charge in [0.15, 0.2) is 11.5 Å². The molecule has 5 nitrogen and oxygen atoms in total. The fourth-order valence-electron chi connectivity index (χ4n) is 4.04. The van der Waals surface area contributed by atoms with Crippen LogP contribution in [0.25, 0.3) is 16.9 Å². The Balaban J connectivity index is 1.26. The van der Waals surface area contributed by atoms with Crippen LogP contribution >= 0.6 is 0 Å². The van der Waals surface area contributed by atoms with Crippen LogP contribution < -0.4 is 4.74 Å². The molecule has 1 aliphatic rings. The topological polar surface area (TPSA) is 42.7 Å². The predicted molar refractivity (Wildman–Crippen MR) is 119 cm³/mol. The Labute approximate surface area is 176 Å². The van der Waals surface area contributed by atoms with Gasteiger partial charge in [-0.2, -0.15) is 5.10 Å². The van der Waals surface area contributed by atoms with Crippen LogP contribution in [0.1, 0.15) is 24.2 Å². The standard InChI is InChI=1S/C25H26N4O/c1-2-7-21(8-3-1)23-9-6-10-25-26-24(27-29(23)25)19-20-11-13-22(14-12-20)30-18-17-28-15-4-5-16-28/h1-3,6-14H,4-5,15-19H2. The van der Waals surface area contributed by atoms with E-state index in [1.54, 1.807) is 0 Å². The summed E-state index contributed by atoms with van der Waals surface area (Å²) in [7, 11) is 0. The molecular formula is C25H26N4O. The van der Waals surface area contributed by atoms with Crippen molar-refractivity contribution in [2.24, 2.45) is 0 Å². The van der Waals surface area contributed by atoms with Crippen molar-refractivity contribution in [3.63, 3.8) is 0 Å². The molecular weight excluding hydrogens is 372 g/mol. The molecule has 0 unspecified atom stereocenters. The number of rotatable bonds is 7. The van der Waals surface area contributed by atoms with Gasteiger partial charge < -0.3 is 4.74 Å². The summed E-state index contributed by atoms with van der Waals surface area (Å²) in [6.07, 6.45) is 3.33. The van der Waals surface area contributed by atoms with Gasteiger partial charge in [0.05, 0.1) is 5.69 Å². The lowest BCUT2D eigenvalue weighted by molar-refractivity contribution is 0.238. The molecule has 0 aliphatic carbocycles. The number of ether oxygens (including phenoxy) is 1. The van der Waals surface area contributed by atoms with E-state index in [0.29, 0.717) is 6.42 Å². The van der Waals surface area contributed by atoms with E-state index in [4.69, 9.17) is 14.8 Å². The van der Waals surface area contributed by atoms with Gasteiger partial charge in [-0.1, -0.05) is 48.5 Å². The third kappa shape index (κ3) is 4.21. The van der Waals surface area contributed by atoms with Crippen molar-refractivity contribution in [2.75, 3.05) is 26.2 Å². The number of hydrogen-bond acceptors (Lipinski definition) is 4. The molecule has 1 aliphatic heterocycles. The van der Waals surface area contributed by atoms with Crippen molar-refractivity contribution < 1.29 is 4.74 Å². The van der Waals surface area contributed by atoms with E-state index >= 15 is 0 Å². The molecule has 1 saturated heterocycles. The number of aromatic nitrogens is 3. The fourth-order valence-corrected chi connectivity index (χ4v) is 4.04. The predicted octanol–water partition coefficient (Wildman–Crippen LogP) is 4.46. The van der Waals surface area contributed by atoms with Crippen LogP contribution in [0.2, 0.25) is 0 Å². The first-order chi connectivity index (χ1) is 14.8. The summed E-state index contributed by atoms with van der Waals surface area (Å²) in [6.45, 7) is 4.17. The SMILES string of the molecule is c1ccc(-c2cccc3nc(Cc4ccc(OCCN5CCCC5)cc4)nn23)cc1. The highest BCUT2D eigenvalue weighted by atomic mass is 16.5. The number of likely N-dealkylation sites (tertiary alicyclic amines) is 1. The second-order valence-corrected chi connectivity index (χ2v) is 7.79. The first kappa shape index (κ1) is 18.8. The van der Waals surface area contributed by atoms with Crippen molar-refractivity contribution in [2.45, 2.75) is 19.3 Å². The Bertz CT molecular complexity index is 1100. The maximum absolute atomic E-state index is 5.91. The molecule has 30 heavy (non-hydrogen) atoms. The maximum atomic E-state index is 5.91. The molecule has 0 amide bonds. The van der Waals surface area contributed by atoms with Crippen LogP contribution in [0.4, 0.5) is 0 Å². The largest absolute Gasteiger partial charge is 0.492 e. The minimum Gasteiger partial charge on any atom is -0.492 e. The van der Waals surface area contributed by atoms with E-state index in [9.17, 15) is 0 Å². The number of hydrogen-bond donors (Lipinski definition) is 0. The summed E-state index contributed by atoms with van der Waals surface area (Å²) >= 11 is 0. The van der Waals surface area contributed by atoms with Gasteiger partial charge in [0.2, 0.25) is 0 Å². The van der Waals surface area contributed by atoms with Gasteiger partial charge >= 0.3 is 0 Å². The van der Waals surface area contributed by atoms with Crippen LogP contribution in [0, 0.1) is 0 Å². The van der Waals surface area contributed by atoms with E-state index in [0.717, 1.165) is 41.6 Å². The van der Waals surface area contributed by atoms with Gasteiger partial charge in [0.1, 0.15) is 12.4 Å². The zero-order valence-electron chi connectivity index (χ0n) is 17.1. The minimum absolute atomic E-state index is 0.698. The van der Waals surface area contributed by atoms with Crippen LogP contribution in [-0.4, -0.2) is 45.7 Å². The highest BCUT2D eigenvalue weighted by molar-refractivity contribution is 5.62. The van der Waals surface area contributed by atoms with Crippen molar-refractivity contribution in [1.82, 2.24) is 19.5 Å². The van der Waals surface area contributed by atoms with Crippen LogP contribution in [0.15, 0.2) is 72.8 Å². The summed E-state index contributed by atoms with van der Waals surface area (Å²) < 4.78 is 7.84. The smallest absolute Gasteiger partial charge is 0.156 e. The minimum atomic E-state index is 0.698. The summed E-state index contributed by atoms with van der Waals surface area (Å²) in [5.74, 6) is 1.74. The first-order valence-electron chi connectivity index (χ1n) is 10.7. The molecule has 5 rings (SSSR count). The van der Waals surface area contributed by atoms with Gasteiger partial charge in [0, 0.05) is 18.5 Å². The second kappa shape index (κ2) is 8.67. The van der Waals surface area contributed by atoms with Gasteiger partial charge in [-0.15, -0.1) is 0 Å². The van der Waals surface area contributed by atoms with Crippen molar-refractivity contribution in [3.8, 4) is 17.0 Å². The van der Waals surface area contributed by atoms with E-state index < -0.39 is 0 Å². The van der Waals surface area contributed by atoms with E-state index in [1.807, 2.05) is 47.0 Å². The molecule has 0 N–H and O–H groups in total. The Morgan fingerprint density at radius 3 is 2.43 bits per heavy atom. The molecule has 0 bridgehead atoms. The molecule has 152 valence electrons. The van der Waals surface area contributed by atoms with E-state index in [-0.39, 0.29) is 0 Å². The molecule has 0 spiro atoms. The van der Waals surface area contributed by atoms with E-state index in [2.05, 4.69) is 35.2 Å². The number of fused-ring (bicyclic) bond motifs is 1. The van der Waals surface area contributed by atoms with Crippen molar-refractivity contribution in [1.29, 1.82) is 0 Å². The second-order valence-electron chi connectivity index (χ2n) is 7.79. The Hall–Kier alpha value is -3.18. The van der Waals surface area contributed by atoms with Crippen LogP contribution in [0.5, 0.6) is 5.75 Å². The van der Waals surface area contributed by atoms with Gasteiger partial charge in [-0.25, -0.2) is 9.50 Å². The summed E-state index contributed by atoms with van der Waals surface area (Å²) in [5, 5.41) is 4.77. The van der Waals surface area contributed by atoms with Gasteiger partial charge in [0.25, 0.3) is 0 Å². The molecule has 5 heteroatoms. The average Bonchev–Trinajstić information content (AvgIpc) is 3.45. The highest BCUT2D eigenvalue weighted by Crippen LogP contribution is 2.21. The zero-order chi connectivity index (χ0) is 20.2. The zero-order valence-corrected chi connectivity index (χ0v) is 17.1. The normalized spacial score (nSPS) is 14.4. The lowest BCUT2D eigenvalue weighted by atomic mass is 10.1. The fraction of sp³-hybridized carbons (Fsp3) is 0.280. The molecule has 2 aromatic heterocycles. The Kier molecular flexibility index (Phi) is 5.44. The summed E-state index contributed by atoms with van der Waals surface area (Å²) in [5.41, 5.74) is 4.23. The Morgan fingerprint density at radius 1 is 0.833 bits per heavy atom. The average molecular weight is 399 g/mol. The lowest BCUT2D eigenvalue weighted by Gasteiger charge is -2.14. The quantitative estimate of drug-likeness (QED) is 0.461. The molecule has 4 aromatic rings. The number of pyridine rings is 1. The number of benzene rings is 2. The van der Waals surface area contributed by atoms with Gasteiger partial charge in [-0.05, 0) is 55.8 Å². The molecule has 3 heterocycles. The third-order valence-corrected chi connectivity index (χ3v) is 5.63. The van der Waals surface area contributed by atoms with Crippen LogP contribution in [0.3, 0.4) is 0 Å². The summed E-state index contributed by atoms with van der Waals surface area (Å²) in [6, 6.07) is 24.7. The van der Waals surface area contributed by atoms with Crippen molar-refractivity contribution in [3.05, 3.63) is 84.2 Å². The number of nitrogens with zero attached hydrogens (tertiary/aromatic N) is 4.